The van der Waals surface area contributed by atoms with Crippen LogP contribution in [0.4, 0.5) is 0 Å². The Morgan fingerprint density at radius 2 is 2.06 bits per heavy atom. The predicted octanol–water partition coefficient (Wildman–Crippen LogP) is 3.37. The first-order valence-corrected chi connectivity index (χ1v) is 6.21. The van der Waals surface area contributed by atoms with E-state index in [9.17, 15) is 4.79 Å². The molecule has 1 radical (unpaired) electrons. The van der Waals surface area contributed by atoms with Crippen molar-refractivity contribution in [3.63, 3.8) is 0 Å². The molecule has 1 saturated heterocycles. The third kappa shape index (κ3) is 3.17. The van der Waals surface area contributed by atoms with Gasteiger partial charge in [0.15, 0.2) is 5.78 Å². The van der Waals surface area contributed by atoms with E-state index in [0.717, 1.165) is 23.5 Å². The van der Waals surface area contributed by atoms with E-state index in [4.69, 9.17) is 4.74 Å². The number of hydrogen-bond acceptors (Lipinski definition) is 2. The van der Waals surface area contributed by atoms with Crippen LogP contribution in [0.3, 0.4) is 0 Å². The van der Waals surface area contributed by atoms with E-state index < -0.39 is 0 Å². The summed E-state index contributed by atoms with van der Waals surface area (Å²) in [6.45, 7) is 3.22. The van der Waals surface area contributed by atoms with E-state index in [1.807, 2.05) is 30.3 Å². The van der Waals surface area contributed by atoms with Gasteiger partial charge in [-0.15, -0.1) is 0 Å². The number of carbonyl (C=O) groups excluding carboxylic acids is 1. The van der Waals surface area contributed by atoms with Crippen LogP contribution in [0.1, 0.15) is 23.7 Å². The van der Waals surface area contributed by atoms with Gasteiger partial charge in [0.05, 0.1) is 19.1 Å². The minimum atomic E-state index is 0.0403. The summed E-state index contributed by atoms with van der Waals surface area (Å²) in [5, 5.41) is 0. The van der Waals surface area contributed by atoms with Crippen molar-refractivity contribution in [1.82, 2.24) is 0 Å². The molecule has 0 spiro atoms. The van der Waals surface area contributed by atoms with E-state index in [-0.39, 0.29) is 5.78 Å². The van der Waals surface area contributed by atoms with Crippen molar-refractivity contribution >= 4 is 5.78 Å². The fourth-order valence-corrected chi connectivity index (χ4v) is 1.85. The van der Waals surface area contributed by atoms with Crippen molar-refractivity contribution in [3.05, 3.63) is 65.6 Å². The van der Waals surface area contributed by atoms with Gasteiger partial charge in [0.1, 0.15) is 0 Å². The number of carbonyl (C=O) groups is 1. The quantitative estimate of drug-likeness (QED) is 0.596. The predicted molar refractivity (Wildman–Crippen MR) is 72.3 cm³/mol. The second-order valence-electron chi connectivity index (χ2n) is 4.23. The number of ether oxygens (including phenoxy) is 1. The zero-order chi connectivity index (χ0) is 12.8. The Balaban J connectivity index is 2.12. The first kappa shape index (κ1) is 12.8. The lowest BCUT2D eigenvalue weighted by atomic mass is 9.99. The molecule has 0 bridgehead atoms. The molecular weight excluding hydrogens is 224 g/mol. The third-order valence-corrected chi connectivity index (χ3v) is 2.85. The standard InChI is InChI=1S/C16H17O2/c1-2-3-7-14-11-18-12-15(14)10-16(17)13-8-5-4-6-9-13/h3-10H,2,11-12H2,1H3/b7-3+,15-10+. The molecule has 1 aromatic carbocycles. The molecule has 1 aliphatic heterocycles. The second-order valence-corrected chi connectivity index (χ2v) is 4.23. The van der Waals surface area contributed by atoms with Crippen LogP contribution in [0.25, 0.3) is 0 Å². The van der Waals surface area contributed by atoms with Crippen molar-refractivity contribution in [2.24, 2.45) is 0 Å². The molecule has 1 heterocycles. The Labute approximate surface area is 108 Å². The normalized spacial score (nSPS) is 18.8. The minimum absolute atomic E-state index is 0.0403. The largest absolute Gasteiger partial charge is 0.376 e. The fourth-order valence-electron chi connectivity index (χ4n) is 1.85. The van der Waals surface area contributed by atoms with Gasteiger partial charge in [-0.05, 0) is 18.1 Å². The Bertz CT molecular complexity index is 457. The average molecular weight is 241 g/mol. The first-order chi connectivity index (χ1) is 8.81. The minimum Gasteiger partial charge on any atom is -0.376 e. The summed E-state index contributed by atoms with van der Waals surface area (Å²) >= 11 is 0. The highest BCUT2D eigenvalue weighted by molar-refractivity contribution is 6.05. The molecule has 0 N–H and O–H groups in total. The van der Waals surface area contributed by atoms with Crippen molar-refractivity contribution in [1.29, 1.82) is 0 Å². The van der Waals surface area contributed by atoms with Crippen LogP contribution in [0.15, 0.2) is 54.1 Å². The smallest absolute Gasteiger partial charge is 0.185 e. The summed E-state index contributed by atoms with van der Waals surface area (Å²) in [6.07, 6.45) is 6.82. The SMILES string of the molecule is CC/C=C/[C]1COC/C1=C\C(=O)c1ccccc1. The highest BCUT2D eigenvalue weighted by Crippen LogP contribution is 2.24. The molecule has 2 rings (SSSR count). The molecule has 0 saturated carbocycles. The van der Waals surface area contributed by atoms with Crippen molar-refractivity contribution in [3.8, 4) is 0 Å². The van der Waals surface area contributed by atoms with Crippen LogP contribution in [-0.4, -0.2) is 19.0 Å². The lowest BCUT2D eigenvalue weighted by Crippen LogP contribution is -2.00. The van der Waals surface area contributed by atoms with Crippen molar-refractivity contribution < 1.29 is 9.53 Å². The van der Waals surface area contributed by atoms with Gasteiger partial charge in [0, 0.05) is 5.56 Å². The molecule has 0 aromatic heterocycles. The maximum Gasteiger partial charge on any atom is 0.185 e. The van der Waals surface area contributed by atoms with Crippen molar-refractivity contribution in [2.75, 3.05) is 13.2 Å². The monoisotopic (exact) mass is 241 g/mol. The second kappa shape index (κ2) is 6.31. The van der Waals surface area contributed by atoms with Gasteiger partial charge in [0.25, 0.3) is 0 Å². The van der Waals surface area contributed by atoms with Gasteiger partial charge in [-0.25, -0.2) is 0 Å². The summed E-state index contributed by atoms with van der Waals surface area (Å²) in [7, 11) is 0. The summed E-state index contributed by atoms with van der Waals surface area (Å²) in [5.74, 6) is 1.15. The van der Waals surface area contributed by atoms with Crippen LogP contribution in [0.2, 0.25) is 0 Å². The molecule has 1 aromatic rings. The van der Waals surface area contributed by atoms with E-state index in [2.05, 4.69) is 19.1 Å². The number of ketones is 1. The summed E-state index contributed by atoms with van der Waals surface area (Å²) in [6, 6.07) is 9.31. The summed E-state index contributed by atoms with van der Waals surface area (Å²) in [5.41, 5.74) is 1.71. The lowest BCUT2D eigenvalue weighted by Gasteiger charge is -2.03. The first-order valence-electron chi connectivity index (χ1n) is 6.21. The molecule has 0 aliphatic carbocycles. The highest BCUT2D eigenvalue weighted by Gasteiger charge is 2.20. The summed E-state index contributed by atoms with van der Waals surface area (Å²) in [4.78, 5) is 12.1. The van der Waals surface area contributed by atoms with Crippen LogP contribution in [-0.2, 0) is 4.74 Å². The molecule has 0 unspecified atom stereocenters. The number of rotatable bonds is 4. The Kier molecular flexibility index (Phi) is 4.48. The Hall–Kier alpha value is -1.67. The van der Waals surface area contributed by atoms with Crippen LogP contribution in [0.5, 0.6) is 0 Å². The molecule has 2 heteroatoms. The van der Waals surface area contributed by atoms with Crippen LogP contribution < -0.4 is 0 Å². The maximum absolute atomic E-state index is 12.1. The molecule has 1 fully saturated rings. The van der Waals surface area contributed by atoms with E-state index in [1.54, 1.807) is 6.08 Å². The van der Waals surface area contributed by atoms with Crippen LogP contribution >= 0.6 is 0 Å². The number of allylic oxidation sites excluding steroid dienone is 2. The number of hydrogen-bond donors (Lipinski definition) is 0. The van der Waals surface area contributed by atoms with Gasteiger partial charge >= 0.3 is 0 Å². The maximum atomic E-state index is 12.1. The zero-order valence-electron chi connectivity index (χ0n) is 10.6. The lowest BCUT2D eigenvalue weighted by molar-refractivity contribution is 0.104. The van der Waals surface area contributed by atoms with Gasteiger partial charge in [-0.2, -0.15) is 0 Å². The topological polar surface area (TPSA) is 26.3 Å². The summed E-state index contributed by atoms with van der Waals surface area (Å²) < 4.78 is 5.39. The Morgan fingerprint density at radius 1 is 1.28 bits per heavy atom. The third-order valence-electron chi connectivity index (χ3n) is 2.85. The van der Waals surface area contributed by atoms with E-state index in [0.29, 0.717) is 13.2 Å². The molecule has 0 atom stereocenters. The molecule has 93 valence electrons. The number of benzene rings is 1. The van der Waals surface area contributed by atoms with E-state index >= 15 is 0 Å². The fraction of sp³-hybridized carbons (Fsp3) is 0.250. The van der Waals surface area contributed by atoms with Gasteiger partial charge < -0.3 is 4.74 Å². The van der Waals surface area contributed by atoms with Gasteiger partial charge in [-0.3, -0.25) is 4.79 Å². The molecular formula is C16H17O2. The average Bonchev–Trinajstić information content (AvgIpc) is 2.84. The van der Waals surface area contributed by atoms with Crippen LogP contribution in [0, 0.1) is 5.92 Å². The van der Waals surface area contributed by atoms with E-state index in [1.165, 1.54) is 0 Å². The molecule has 0 amide bonds. The van der Waals surface area contributed by atoms with Crippen molar-refractivity contribution in [2.45, 2.75) is 13.3 Å². The zero-order valence-corrected chi connectivity index (χ0v) is 10.6. The highest BCUT2D eigenvalue weighted by atomic mass is 16.5. The Morgan fingerprint density at radius 3 is 2.78 bits per heavy atom. The van der Waals surface area contributed by atoms with Gasteiger partial charge in [0.2, 0.25) is 0 Å². The molecule has 18 heavy (non-hydrogen) atoms. The van der Waals surface area contributed by atoms with Gasteiger partial charge in [-0.1, -0.05) is 49.4 Å². The molecule has 2 nitrogen and oxygen atoms in total. The molecule has 1 aliphatic rings.